The zero-order valence-corrected chi connectivity index (χ0v) is 21.4. The molecule has 0 saturated carbocycles. The Bertz CT molecular complexity index is 1380. The number of halogens is 2. The summed E-state index contributed by atoms with van der Waals surface area (Å²) in [6.07, 6.45) is 1.47. The first-order valence-corrected chi connectivity index (χ1v) is 12.5. The Kier molecular flexibility index (Phi) is 7.93. The van der Waals surface area contributed by atoms with Crippen molar-refractivity contribution in [3.05, 3.63) is 105 Å². The van der Waals surface area contributed by atoms with Crippen LogP contribution in [0.2, 0.25) is 0 Å². The average molecular weight is 567 g/mol. The number of furan rings is 1. The summed E-state index contributed by atoms with van der Waals surface area (Å²) in [6, 6.07) is 18.1. The van der Waals surface area contributed by atoms with Crippen molar-refractivity contribution in [1.29, 1.82) is 5.26 Å². The molecule has 1 aromatic heterocycles. The molecule has 1 aliphatic rings. The molecule has 0 fully saturated rings. The number of amides is 2. The summed E-state index contributed by atoms with van der Waals surface area (Å²) in [4.78, 5) is 25.8. The molecular formula is C26H20BrFN4O3S. The minimum absolute atomic E-state index is 0.0405. The van der Waals surface area contributed by atoms with Crippen molar-refractivity contribution >= 4 is 50.9 Å². The van der Waals surface area contributed by atoms with E-state index in [-0.39, 0.29) is 22.8 Å². The second kappa shape index (κ2) is 11.3. The van der Waals surface area contributed by atoms with Crippen molar-refractivity contribution in [3.8, 4) is 6.07 Å². The summed E-state index contributed by atoms with van der Waals surface area (Å²) in [5.74, 6) is -1.46. The van der Waals surface area contributed by atoms with Gasteiger partial charge in [-0.15, -0.1) is 0 Å². The van der Waals surface area contributed by atoms with E-state index in [1.54, 1.807) is 31.2 Å². The smallest absolute Gasteiger partial charge is 0.254 e. The summed E-state index contributed by atoms with van der Waals surface area (Å²) in [5.41, 5.74) is 2.10. The maximum absolute atomic E-state index is 13.3. The number of nitriles is 1. The molecule has 4 rings (SSSR count). The monoisotopic (exact) mass is 566 g/mol. The number of carbonyl (C=O) groups is 2. The molecule has 182 valence electrons. The predicted molar refractivity (Wildman–Crippen MR) is 140 cm³/mol. The van der Waals surface area contributed by atoms with E-state index in [0.717, 1.165) is 16.2 Å². The maximum Gasteiger partial charge on any atom is 0.254 e. The molecule has 7 nitrogen and oxygen atoms in total. The highest BCUT2D eigenvalue weighted by atomic mass is 79.9. The Morgan fingerprint density at radius 2 is 1.78 bits per heavy atom. The minimum atomic E-state index is -0.788. The summed E-state index contributed by atoms with van der Waals surface area (Å²) in [6.45, 7) is 1.71. The highest BCUT2D eigenvalue weighted by Gasteiger charge is 2.36. The van der Waals surface area contributed by atoms with Crippen LogP contribution in [0.1, 0.15) is 18.6 Å². The van der Waals surface area contributed by atoms with Gasteiger partial charge in [-0.1, -0.05) is 27.7 Å². The number of allylic oxidation sites excluding steroid dienone is 2. The van der Waals surface area contributed by atoms with Crippen LogP contribution in [0.15, 0.2) is 97.7 Å². The van der Waals surface area contributed by atoms with E-state index in [0.29, 0.717) is 27.9 Å². The first-order valence-electron chi connectivity index (χ1n) is 10.8. The lowest BCUT2D eigenvalue weighted by Crippen LogP contribution is -2.31. The van der Waals surface area contributed by atoms with E-state index >= 15 is 0 Å². The molecule has 2 amide bonds. The molecule has 2 heterocycles. The van der Waals surface area contributed by atoms with Gasteiger partial charge in [0.05, 0.1) is 40.2 Å². The fraction of sp³-hybridized carbons (Fsp3) is 0.115. The third kappa shape index (κ3) is 5.87. The Balaban J connectivity index is 1.57. The van der Waals surface area contributed by atoms with Gasteiger partial charge in [0.15, 0.2) is 0 Å². The Labute approximate surface area is 219 Å². The van der Waals surface area contributed by atoms with Gasteiger partial charge in [0, 0.05) is 21.5 Å². The quantitative estimate of drug-likeness (QED) is 0.329. The van der Waals surface area contributed by atoms with Crippen LogP contribution in [0.25, 0.3) is 0 Å². The first-order chi connectivity index (χ1) is 17.4. The highest BCUT2D eigenvalue weighted by Crippen LogP contribution is 2.41. The third-order valence-corrected chi connectivity index (χ3v) is 6.84. The van der Waals surface area contributed by atoms with Gasteiger partial charge in [-0.25, -0.2) is 4.39 Å². The molecular weight excluding hydrogens is 547 g/mol. The molecule has 0 radical (unpaired) electrons. The topological polar surface area (TPSA) is 107 Å². The van der Waals surface area contributed by atoms with E-state index in [2.05, 4.69) is 37.9 Å². The van der Waals surface area contributed by atoms with Crippen LogP contribution in [0, 0.1) is 17.1 Å². The summed E-state index contributed by atoms with van der Waals surface area (Å²) < 4.78 is 19.8. The second-order valence-corrected chi connectivity index (χ2v) is 9.67. The fourth-order valence-electron chi connectivity index (χ4n) is 3.67. The molecule has 1 unspecified atom stereocenters. The Morgan fingerprint density at radius 3 is 2.42 bits per heavy atom. The molecule has 0 saturated heterocycles. The number of nitrogens with one attached hydrogen (secondary N) is 3. The van der Waals surface area contributed by atoms with E-state index < -0.39 is 17.6 Å². The Morgan fingerprint density at radius 1 is 1.11 bits per heavy atom. The Hall–Kier alpha value is -3.81. The standard InChI is InChI=1S/C26H20BrFN4O3S/c1-15-23(25(34)32-19-10-6-17(28)7-11-19)24(21-3-2-12-35-21)20(13-29)26(30-15)36-14-22(33)31-18-8-4-16(27)5-9-18/h2-12,24,30H,14H2,1H3,(H,31,33)(H,32,34). The van der Waals surface area contributed by atoms with Gasteiger partial charge < -0.3 is 20.4 Å². The van der Waals surface area contributed by atoms with Crippen molar-refractivity contribution in [2.45, 2.75) is 12.8 Å². The van der Waals surface area contributed by atoms with Gasteiger partial charge in [-0.2, -0.15) is 5.26 Å². The van der Waals surface area contributed by atoms with Crippen LogP contribution in [-0.2, 0) is 9.59 Å². The number of benzene rings is 2. The molecule has 10 heteroatoms. The molecule has 3 N–H and O–H groups in total. The van der Waals surface area contributed by atoms with Gasteiger partial charge in [-0.05, 0) is 67.6 Å². The third-order valence-electron chi connectivity index (χ3n) is 5.30. The van der Waals surface area contributed by atoms with Crippen molar-refractivity contribution in [2.24, 2.45) is 0 Å². The number of hydrogen-bond donors (Lipinski definition) is 3. The zero-order valence-electron chi connectivity index (χ0n) is 19.0. The van der Waals surface area contributed by atoms with Crippen LogP contribution in [0.5, 0.6) is 0 Å². The largest absolute Gasteiger partial charge is 0.468 e. The number of rotatable bonds is 7. The van der Waals surface area contributed by atoms with Gasteiger partial charge in [0.2, 0.25) is 5.91 Å². The molecule has 2 aromatic carbocycles. The van der Waals surface area contributed by atoms with E-state index in [1.165, 1.54) is 30.5 Å². The first kappa shape index (κ1) is 25.3. The highest BCUT2D eigenvalue weighted by molar-refractivity contribution is 9.10. The number of anilines is 2. The van der Waals surface area contributed by atoms with E-state index in [1.807, 2.05) is 12.1 Å². The van der Waals surface area contributed by atoms with Crippen LogP contribution in [0.3, 0.4) is 0 Å². The van der Waals surface area contributed by atoms with Crippen LogP contribution in [-0.4, -0.2) is 17.6 Å². The van der Waals surface area contributed by atoms with Gasteiger partial charge >= 0.3 is 0 Å². The summed E-state index contributed by atoms with van der Waals surface area (Å²) in [5, 5.41) is 19.2. The van der Waals surface area contributed by atoms with Crippen LogP contribution >= 0.6 is 27.7 Å². The normalized spacial score (nSPS) is 15.2. The predicted octanol–water partition coefficient (Wildman–Crippen LogP) is 5.89. The number of carbonyl (C=O) groups excluding carboxylic acids is 2. The molecule has 0 spiro atoms. The van der Waals surface area contributed by atoms with Crippen LogP contribution < -0.4 is 16.0 Å². The van der Waals surface area contributed by atoms with E-state index in [9.17, 15) is 19.2 Å². The number of nitrogens with zero attached hydrogens (tertiary/aromatic N) is 1. The van der Waals surface area contributed by atoms with Gasteiger partial charge in [-0.3, -0.25) is 9.59 Å². The summed E-state index contributed by atoms with van der Waals surface area (Å²) in [7, 11) is 0. The van der Waals surface area contributed by atoms with Crippen molar-refractivity contribution in [2.75, 3.05) is 16.4 Å². The van der Waals surface area contributed by atoms with Crippen molar-refractivity contribution < 1.29 is 18.4 Å². The lowest BCUT2D eigenvalue weighted by molar-refractivity contribution is -0.114. The number of dihydropyridines is 1. The molecule has 36 heavy (non-hydrogen) atoms. The lowest BCUT2D eigenvalue weighted by Gasteiger charge is -2.28. The maximum atomic E-state index is 13.3. The van der Waals surface area contributed by atoms with Gasteiger partial charge in [0.25, 0.3) is 5.91 Å². The fourth-order valence-corrected chi connectivity index (χ4v) is 4.82. The van der Waals surface area contributed by atoms with Gasteiger partial charge in [0.1, 0.15) is 11.6 Å². The lowest BCUT2D eigenvalue weighted by atomic mass is 9.85. The average Bonchev–Trinajstić information content (AvgIpc) is 3.39. The summed E-state index contributed by atoms with van der Waals surface area (Å²) >= 11 is 4.52. The minimum Gasteiger partial charge on any atom is -0.468 e. The van der Waals surface area contributed by atoms with E-state index in [4.69, 9.17) is 4.42 Å². The molecule has 1 atom stereocenters. The molecule has 1 aliphatic heterocycles. The van der Waals surface area contributed by atoms with Crippen molar-refractivity contribution in [1.82, 2.24) is 5.32 Å². The SMILES string of the molecule is CC1=C(C(=O)Nc2ccc(F)cc2)C(c2ccco2)C(C#N)=C(SCC(=O)Nc2ccc(Br)cc2)N1. The molecule has 0 aliphatic carbocycles. The zero-order chi connectivity index (χ0) is 25.7. The van der Waals surface area contributed by atoms with Crippen molar-refractivity contribution in [3.63, 3.8) is 0 Å². The molecule has 0 bridgehead atoms. The second-order valence-electron chi connectivity index (χ2n) is 7.77. The number of hydrogen-bond acceptors (Lipinski definition) is 6. The van der Waals surface area contributed by atoms with Crippen LogP contribution in [0.4, 0.5) is 15.8 Å². The number of thioether (sulfide) groups is 1. The molecule has 3 aromatic rings.